The molecule has 4 rings (SSSR count). The number of rotatable bonds is 9. The molecule has 4 N–H and O–H groups in total. The summed E-state index contributed by atoms with van der Waals surface area (Å²) in [6.45, 7) is 6.21. The summed E-state index contributed by atoms with van der Waals surface area (Å²) in [6, 6.07) is 14.8. The van der Waals surface area contributed by atoms with Crippen LogP contribution in [0, 0.1) is 6.92 Å². The van der Waals surface area contributed by atoms with Gasteiger partial charge in [-0.2, -0.15) is 0 Å². The monoisotopic (exact) mass is 486 g/mol. The summed E-state index contributed by atoms with van der Waals surface area (Å²) >= 11 is 1.77. The fraction of sp³-hybridized carbons (Fsp3) is 0.480. The van der Waals surface area contributed by atoms with Gasteiger partial charge in [-0.15, -0.1) is 0 Å². The van der Waals surface area contributed by atoms with E-state index in [2.05, 4.69) is 57.3 Å². The number of fused-ring (bicyclic) bond motifs is 2. The molecule has 9 heteroatoms. The Balaban J connectivity index is 1.30. The third kappa shape index (κ3) is 6.29. The maximum Gasteiger partial charge on any atom is 0.234 e. The molecule has 2 aliphatic rings. The predicted molar refractivity (Wildman–Crippen MR) is 134 cm³/mol. The number of aliphatic hydroxyl groups excluding tert-OH is 3. The fourth-order valence-corrected chi connectivity index (χ4v) is 5.46. The number of carbonyl (C=O) groups excluding carboxylic acids is 1. The van der Waals surface area contributed by atoms with Crippen LogP contribution in [0.15, 0.2) is 52.3 Å². The lowest BCUT2D eigenvalue weighted by Gasteiger charge is -2.38. The zero-order chi connectivity index (χ0) is 24.1. The van der Waals surface area contributed by atoms with E-state index in [0.29, 0.717) is 13.1 Å². The van der Waals surface area contributed by atoms with Gasteiger partial charge in [-0.25, -0.2) is 0 Å². The highest BCUT2D eigenvalue weighted by Gasteiger charge is 2.27. The summed E-state index contributed by atoms with van der Waals surface area (Å²) in [5.74, 6) is -0.156. The second-order valence-electron chi connectivity index (χ2n) is 9.02. The number of β-amino-alcohol motifs (C(OH)–C–C–N with tert-alkyl or cyclic N) is 1. The number of nitrogens with one attached hydrogen (secondary N) is 1. The van der Waals surface area contributed by atoms with Crippen molar-refractivity contribution in [3.8, 4) is 0 Å². The highest BCUT2D eigenvalue weighted by Crippen LogP contribution is 2.48. The third-order valence-electron chi connectivity index (χ3n) is 6.22. The van der Waals surface area contributed by atoms with E-state index < -0.39 is 12.2 Å². The number of hydrogen-bond donors (Lipinski definition) is 4. The van der Waals surface area contributed by atoms with Crippen LogP contribution >= 0.6 is 11.8 Å². The van der Waals surface area contributed by atoms with Gasteiger partial charge in [0.2, 0.25) is 5.91 Å². The molecule has 2 aliphatic heterocycles. The van der Waals surface area contributed by atoms with Crippen molar-refractivity contribution >= 4 is 29.0 Å². The first-order valence-corrected chi connectivity index (χ1v) is 12.6. The van der Waals surface area contributed by atoms with Gasteiger partial charge >= 0.3 is 0 Å². The summed E-state index contributed by atoms with van der Waals surface area (Å²) in [5, 5.41) is 31.9. The molecule has 1 amide bonds. The van der Waals surface area contributed by atoms with Crippen molar-refractivity contribution in [2.45, 2.75) is 28.9 Å². The maximum atomic E-state index is 12.0. The van der Waals surface area contributed by atoms with Gasteiger partial charge in [0.1, 0.15) is 0 Å². The smallest absolute Gasteiger partial charge is 0.234 e. The minimum absolute atomic E-state index is 0.0578. The van der Waals surface area contributed by atoms with Gasteiger partial charge in [-0.05, 0) is 36.8 Å². The van der Waals surface area contributed by atoms with E-state index in [1.807, 2.05) is 12.1 Å². The van der Waals surface area contributed by atoms with Crippen molar-refractivity contribution in [1.82, 2.24) is 15.1 Å². The van der Waals surface area contributed by atoms with E-state index in [0.717, 1.165) is 37.6 Å². The van der Waals surface area contributed by atoms with Crippen LogP contribution in [-0.4, -0.2) is 102 Å². The van der Waals surface area contributed by atoms with Gasteiger partial charge in [0.05, 0.1) is 43.3 Å². The SMILES string of the molecule is Cc1ccc2c(c1)N(CC(O)CN1CCN(CC(=O)NC[C@H](O)CO)CC1)c1ccccc1S2. The van der Waals surface area contributed by atoms with E-state index in [1.54, 1.807) is 11.8 Å². The molecule has 34 heavy (non-hydrogen) atoms. The average Bonchev–Trinajstić information content (AvgIpc) is 2.84. The van der Waals surface area contributed by atoms with E-state index in [4.69, 9.17) is 5.11 Å². The lowest BCUT2D eigenvalue weighted by Crippen LogP contribution is -2.52. The zero-order valence-electron chi connectivity index (χ0n) is 19.6. The molecule has 0 aromatic heterocycles. The van der Waals surface area contributed by atoms with E-state index in [1.165, 1.54) is 15.4 Å². The Morgan fingerprint density at radius 2 is 1.68 bits per heavy atom. The van der Waals surface area contributed by atoms with Crippen molar-refractivity contribution in [3.63, 3.8) is 0 Å². The summed E-state index contributed by atoms with van der Waals surface area (Å²) < 4.78 is 0. The van der Waals surface area contributed by atoms with Crippen molar-refractivity contribution in [3.05, 3.63) is 48.0 Å². The summed E-state index contributed by atoms with van der Waals surface area (Å²) in [4.78, 5) is 21.0. The van der Waals surface area contributed by atoms with Gasteiger partial charge < -0.3 is 25.5 Å². The molecule has 1 saturated heterocycles. The largest absolute Gasteiger partial charge is 0.394 e. The van der Waals surface area contributed by atoms with Crippen LogP contribution < -0.4 is 10.2 Å². The van der Waals surface area contributed by atoms with E-state index >= 15 is 0 Å². The number of benzene rings is 2. The molecule has 0 radical (unpaired) electrons. The van der Waals surface area contributed by atoms with Gasteiger partial charge in [-0.3, -0.25) is 14.6 Å². The molecule has 8 nitrogen and oxygen atoms in total. The molecule has 2 atom stereocenters. The van der Waals surface area contributed by atoms with Crippen LogP contribution in [0.25, 0.3) is 0 Å². The minimum Gasteiger partial charge on any atom is -0.394 e. The summed E-state index contributed by atoms with van der Waals surface area (Å²) in [6.07, 6.45) is -1.44. The number of para-hydroxylation sites is 1. The van der Waals surface area contributed by atoms with E-state index in [-0.39, 0.29) is 25.6 Å². The number of piperazine rings is 1. The quantitative estimate of drug-likeness (QED) is 0.418. The second-order valence-corrected chi connectivity index (χ2v) is 10.1. The predicted octanol–water partition coefficient (Wildman–Crippen LogP) is 1.05. The van der Waals surface area contributed by atoms with Crippen molar-refractivity contribution < 1.29 is 20.1 Å². The Bertz CT molecular complexity index is 983. The van der Waals surface area contributed by atoms with Crippen LogP contribution in [0.2, 0.25) is 0 Å². The molecule has 1 fully saturated rings. The Morgan fingerprint density at radius 3 is 2.44 bits per heavy atom. The Hall–Kier alpha value is -2.14. The summed E-state index contributed by atoms with van der Waals surface area (Å²) in [5.41, 5.74) is 3.47. The van der Waals surface area contributed by atoms with Crippen LogP contribution in [0.5, 0.6) is 0 Å². The number of carbonyl (C=O) groups is 1. The van der Waals surface area contributed by atoms with Crippen LogP contribution in [0.1, 0.15) is 5.56 Å². The molecule has 0 saturated carbocycles. The number of hydrogen-bond acceptors (Lipinski definition) is 8. The Labute approximate surface area is 205 Å². The van der Waals surface area contributed by atoms with Crippen LogP contribution in [0.4, 0.5) is 11.4 Å². The van der Waals surface area contributed by atoms with Crippen LogP contribution in [-0.2, 0) is 4.79 Å². The normalized spacial score (nSPS) is 18.2. The van der Waals surface area contributed by atoms with Gasteiger partial charge in [-0.1, -0.05) is 30.0 Å². The molecular weight excluding hydrogens is 452 g/mol. The van der Waals surface area contributed by atoms with Gasteiger partial charge in [0.15, 0.2) is 0 Å². The molecule has 184 valence electrons. The fourth-order valence-electron chi connectivity index (χ4n) is 4.39. The van der Waals surface area contributed by atoms with Gasteiger partial charge in [0, 0.05) is 49.1 Å². The van der Waals surface area contributed by atoms with Crippen LogP contribution in [0.3, 0.4) is 0 Å². The molecule has 1 unspecified atom stereocenters. The number of anilines is 2. The maximum absolute atomic E-state index is 12.0. The second kappa shape index (κ2) is 11.5. The van der Waals surface area contributed by atoms with Crippen molar-refractivity contribution in [2.75, 3.05) is 63.9 Å². The standard InChI is InChI=1S/C25H34N4O4S/c1-18-6-7-24-22(12-18)29(21-4-2-3-5-23(21)34-24)15-20(32)14-27-8-10-28(11-9-27)16-25(33)26-13-19(31)17-30/h2-7,12,19-20,30-32H,8-11,13-17H2,1H3,(H,26,33)/t19-,20?/m0/s1. The topological polar surface area (TPSA) is 99.5 Å². The highest BCUT2D eigenvalue weighted by atomic mass is 32.2. The highest BCUT2D eigenvalue weighted by molar-refractivity contribution is 7.99. The first-order valence-electron chi connectivity index (χ1n) is 11.8. The van der Waals surface area contributed by atoms with Crippen molar-refractivity contribution in [2.24, 2.45) is 0 Å². The molecule has 2 aromatic rings. The molecular formula is C25H34N4O4S. The average molecular weight is 487 g/mol. The Kier molecular flexibility index (Phi) is 8.46. The Morgan fingerprint density at radius 1 is 0.971 bits per heavy atom. The summed E-state index contributed by atoms with van der Waals surface area (Å²) in [7, 11) is 0. The van der Waals surface area contributed by atoms with Gasteiger partial charge in [0.25, 0.3) is 0 Å². The molecule has 2 aromatic carbocycles. The first-order chi connectivity index (χ1) is 16.4. The number of aryl methyl sites for hydroxylation is 1. The number of nitrogens with zero attached hydrogens (tertiary/aromatic N) is 3. The van der Waals surface area contributed by atoms with E-state index in [9.17, 15) is 15.0 Å². The molecule has 0 bridgehead atoms. The third-order valence-corrected chi connectivity index (χ3v) is 7.35. The first kappa shape index (κ1) is 25.0. The number of aliphatic hydroxyl groups is 3. The minimum atomic E-state index is -0.927. The lowest BCUT2D eigenvalue weighted by molar-refractivity contribution is -0.123. The molecule has 0 spiro atoms. The lowest BCUT2D eigenvalue weighted by atomic mass is 10.1. The number of amides is 1. The molecule has 2 heterocycles. The molecule has 0 aliphatic carbocycles. The zero-order valence-corrected chi connectivity index (χ0v) is 20.4. The van der Waals surface area contributed by atoms with Crippen molar-refractivity contribution in [1.29, 1.82) is 0 Å².